The molecule has 6 unspecified atom stereocenters. The number of fused-ring (bicyclic) bond motifs is 5. The molecule has 1 N–H and O–H groups in total. The minimum Gasteiger partial charge on any atom is -0.400 e. The van der Waals surface area contributed by atoms with Gasteiger partial charge in [0.05, 0.1) is 0 Å². The molecule has 4 rings (SSSR count). The second-order valence-corrected chi connectivity index (χ2v) is 8.82. The molecule has 0 saturated heterocycles. The van der Waals surface area contributed by atoms with Crippen molar-refractivity contribution in [3.05, 3.63) is 0 Å². The van der Waals surface area contributed by atoms with Gasteiger partial charge in [0, 0.05) is 18.9 Å². The third kappa shape index (κ3) is 2.20. The lowest BCUT2D eigenvalue weighted by atomic mass is 9.45. The molecule has 6 atom stereocenters. The molecular weight excluding hydrogens is 272 g/mol. The van der Waals surface area contributed by atoms with Gasteiger partial charge in [0.1, 0.15) is 5.78 Å². The lowest BCUT2D eigenvalue weighted by Gasteiger charge is -2.59. The summed E-state index contributed by atoms with van der Waals surface area (Å²) in [5, 5.41) is 7.00. The summed E-state index contributed by atoms with van der Waals surface area (Å²) in [5.74, 6) is 4.13. The van der Waals surface area contributed by atoms with E-state index in [1.807, 2.05) is 0 Å². The van der Waals surface area contributed by atoms with E-state index in [1.54, 1.807) is 0 Å². The lowest BCUT2D eigenvalue weighted by molar-refractivity contribution is -0.138. The van der Waals surface area contributed by atoms with Crippen molar-refractivity contribution in [1.29, 1.82) is 0 Å². The van der Waals surface area contributed by atoms with Crippen LogP contribution in [0.1, 0.15) is 78.1 Å². The Morgan fingerprint density at radius 2 is 1.68 bits per heavy atom. The van der Waals surface area contributed by atoms with Crippen molar-refractivity contribution in [1.82, 2.24) is 0 Å². The van der Waals surface area contributed by atoms with Crippen LogP contribution < -0.4 is 0 Å². The van der Waals surface area contributed by atoms with Crippen molar-refractivity contribution in [2.24, 2.45) is 34.5 Å². The molecule has 4 aliphatic carbocycles. The van der Waals surface area contributed by atoms with Crippen molar-refractivity contribution >= 4 is 5.78 Å². The van der Waals surface area contributed by atoms with Crippen molar-refractivity contribution in [3.63, 3.8) is 0 Å². The maximum atomic E-state index is 12.4. The van der Waals surface area contributed by atoms with Crippen LogP contribution in [0.5, 0.6) is 0 Å². The van der Waals surface area contributed by atoms with E-state index >= 15 is 0 Å². The Balaban J connectivity index is 0.000000693. The van der Waals surface area contributed by atoms with Gasteiger partial charge in [-0.25, -0.2) is 0 Å². The van der Waals surface area contributed by atoms with E-state index in [-0.39, 0.29) is 5.41 Å². The number of aliphatic hydroxyl groups excluding tert-OH is 1. The molecule has 0 radical (unpaired) electrons. The highest BCUT2D eigenvalue weighted by atomic mass is 16.2. The Hall–Kier alpha value is -0.370. The molecule has 0 aliphatic heterocycles. The van der Waals surface area contributed by atoms with Gasteiger partial charge in [-0.15, -0.1) is 0 Å². The zero-order valence-electron chi connectivity index (χ0n) is 14.7. The minimum absolute atomic E-state index is 0.0685. The molecule has 126 valence electrons. The molecule has 0 bridgehead atoms. The summed E-state index contributed by atoms with van der Waals surface area (Å²) in [6.45, 7) is 4.92. The van der Waals surface area contributed by atoms with Crippen molar-refractivity contribution in [2.75, 3.05) is 7.11 Å². The quantitative estimate of drug-likeness (QED) is 0.710. The Labute approximate surface area is 136 Å². The Kier molecular flexibility index (Phi) is 4.44. The lowest BCUT2D eigenvalue weighted by Crippen LogP contribution is -2.52. The van der Waals surface area contributed by atoms with Crippen LogP contribution in [-0.4, -0.2) is 18.0 Å². The molecule has 0 amide bonds. The molecule has 22 heavy (non-hydrogen) atoms. The molecule has 4 saturated carbocycles. The fourth-order valence-corrected chi connectivity index (χ4v) is 7.07. The fourth-order valence-electron chi connectivity index (χ4n) is 7.07. The molecule has 0 aromatic heterocycles. The number of carbonyl (C=O) groups excluding carboxylic acids is 1. The van der Waals surface area contributed by atoms with E-state index in [0.717, 1.165) is 37.2 Å². The number of hydrogen-bond donors (Lipinski definition) is 1. The van der Waals surface area contributed by atoms with Gasteiger partial charge < -0.3 is 5.11 Å². The monoisotopic (exact) mass is 306 g/mol. The zero-order chi connectivity index (χ0) is 16.0. The summed E-state index contributed by atoms with van der Waals surface area (Å²) in [5.41, 5.74) is 0.688. The van der Waals surface area contributed by atoms with Gasteiger partial charge in [-0.05, 0) is 74.0 Å². The number of rotatable bonds is 0. The standard InChI is InChI=1S/C19H30O.CH4O/c1-18-11-4-3-5-13(18)6-7-14-15-8-9-17(20)19(15,2)12-10-16(14)18;1-2/h13-16H,3-12H2,1-2H3;2H,1H3. The van der Waals surface area contributed by atoms with E-state index in [1.165, 1.54) is 57.8 Å². The zero-order valence-corrected chi connectivity index (χ0v) is 14.7. The Morgan fingerprint density at radius 1 is 0.909 bits per heavy atom. The smallest absolute Gasteiger partial charge is 0.139 e. The van der Waals surface area contributed by atoms with E-state index in [0.29, 0.717) is 11.2 Å². The first-order valence-corrected chi connectivity index (χ1v) is 9.54. The van der Waals surface area contributed by atoms with Crippen LogP contribution in [0.2, 0.25) is 0 Å². The summed E-state index contributed by atoms with van der Waals surface area (Å²) < 4.78 is 0. The third-order valence-corrected chi connectivity index (χ3v) is 8.29. The van der Waals surface area contributed by atoms with Crippen LogP contribution in [0.15, 0.2) is 0 Å². The molecule has 0 spiro atoms. The molecule has 2 nitrogen and oxygen atoms in total. The topological polar surface area (TPSA) is 37.3 Å². The molecule has 0 aromatic rings. The predicted molar refractivity (Wildman–Crippen MR) is 89.5 cm³/mol. The van der Waals surface area contributed by atoms with E-state index in [2.05, 4.69) is 13.8 Å². The number of Topliss-reactive ketones (excluding diaryl/α,β-unsaturated/α-hetero) is 1. The van der Waals surface area contributed by atoms with Gasteiger partial charge in [0.25, 0.3) is 0 Å². The highest BCUT2D eigenvalue weighted by Crippen LogP contribution is 2.65. The molecule has 0 heterocycles. The first-order chi connectivity index (χ1) is 10.6. The number of carbonyl (C=O) groups is 1. The van der Waals surface area contributed by atoms with Crippen molar-refractivity contribution in [3.8, 4) is 0 Å². The first kappa shape index (κ1) is 16.5. The average molecular weight is 306 g/mol. The largest absolute Gasteiger partial charge is 0.400 e. The molecule has 2 heteroatoms. The van der Waals surface area contributed by atoms with Crippen molar-refractivity contribution in [2.45, 2.75) is 78.1 Å². The normalized spacial score (nSPS) is 50.3. The van der Waals surface area contributed by atoms with Crippen LogP contribution in [0.25, 0.3) is 0 Å². The second-order valence-electron chi connectivity index (χ2n) is 8.82. The summed E-state index contributed by atoms with van der Waals surface area (Å²) in [6.07, 6.45) is 13.4. The first-order valence-electron chi connectivity index (χ1n) is 9.54. The fraction of sp³-hybridized carbons (Fsp3) is 0.950. The van der Waals surface area contributed by atoms with Crippen LogP contribution in [-0.2, 0) is 4.79 Å². The maximum absolute atomic E-state index is 12.4. The van der Waals surface area contributed by atoms with Gasteiger partial charge in [-0.1, -0.05) is 26.7 Å². The summed E-state index contributed by atoms with van der Waals surface area (Å²) in [6, 6.07) is 0. The molecule has 0 aromatic carbocycles. The number of hydrogen-bond acceptors (Lipinski definition) is 2. The third-order valence-electron chi connectivity index (χ3n) is 8.29. The highest BCUT2D eigenvalue weighted by Gasteiger charge is 2.59. The van der Waals surface area contributed by atoms with Gasteiger partial charge in [0.15, 0.2) is 0 Å². The summed E-state index contributed by atoms with van der Waals surface area (Å²) in [7, 11) is 1.00. The van der Waals surface area contributed by atoms with Crippen LogP contribution in [0.3, 0.4) is 0 Å². The van der Waals surface area contributed by atoms with Gasteiger partial charge >= 0.3 is 0 Å². The highest BCUT2D eigenvalue weighted by molar-refractivity contribution is 5.87. The molecule has 4 fully saturated rings. The van der Waals surface area contributed by atoms with E-state index < -0.39 is 0 Å². The van der Waals surface area contributed by atoms with E-state index in [4.69, 9.17) is 5.11 Å². The molecule has 4 aliphatic rings. The predicted octanol–water partition coefficient (Wildman–Crippen LogP) is 4.60. The van der Waals surface area contributed by atoms with Crippen LogP contribution in [0.4, 0.5) is 0 Å². The minimum atomic E-state index is 0.0685. The average Bonchev–Trinajstić information content (AvgIpc) is 2.84. The van der Waals surface area contributed by atoms with Crippen LogP contribution >= 0.6 is 0 Å². The Morgan fingerprint density at radius 3 is 2.45 bits per heavy atom. The van der Waals surface area contributed by atoms with Crippen molar-refractivity contribution < 1.29 is 9.90 Å². The van der Waals surface area contributed by atoms with Gasteiger partial charge in [-0.3, -0.25) is 4.79 Å². The van der Waals surface area contributed by atoms with Crippen LogP contribution in [0, 0.1) is 34.5 Å². The SMILES string of the molecule is CC12CCC3C(CCC4CCCCC43C)C1CCC2=O.CO. The number of ketones is 1. The molecular formula is C20H34O2. The Bertz CT molecular complexity index is 431. The van der Waals surface area contributed by atoms with E-state index in [9.17, 15) is 4.79 Å². The summed E-state index contributed by atoms with van der Waals surface area (Å²) in [4.78, 5) is 12.4. The number of aliphatic hydroxyl groups is 1. The van der Waals surface area contributed by atoms with Gasteiger partial charge in [-0.2, -0.15) is 0 Å². The maximum Gasteiger partial charge on any atom is 0.139 e. The van der Waals surface area contributed by atoms with Gasteiger partial charge in [0.2, 0.25) is 0 Å². The second kappa shape index (κ2) is 5.92. The summed E-state index contributed by atoms with van der Waals surface area (Å²) >= 11 is 0.